The lowest BCUT2D eigenvalue weighted by Gasteiger charge is -2.36. The lowest BCUT2D eigenvalue weighted by molar-refractivity contribution is 0.0742. The highest BCUT2D eigenvalue weighted by atomic mass is 19.1. The van der Waals surface area contributed by atoms with Gasteiger partial charge < -0.3 is 9.80 Å². The van der Waals surface area contributed by atoms with E-state index in [-0.39, 0.29) is 11.5 Å². The molecule has 0 radical (unpaired) electrons. The van der Waals surface area contributed by atoms with Crippen LogP contribution in [0.4, 0.5) is 10.1 Å². The number of benzene rings is 1. The number of hydrogen-bond acceptors (Lipinski definition) is 3. The van der Waals surface area contributed by atoms with Crippen molar-refractivity contribution in [2.45, 2.75) is 13.8 Å². The number of piperazine rings is 1. The van der Waals surface area contributed by atoms with E-state index in [9.17, 15) is 9.18 Å². The first kappa shape index (κ1) is 14.6. The van der Waals surface area contributed by atoms with Crippen LogP contribution in [0.1, 0.15) is 21.7 Å². The van der Waals surface area contributed by atoms with Crippen LogP contribution in [-0.4, -0.2) is 47.2 Å². The molecule has 0 saturated carbocycles. The number of anilines is 1. The predicted octanol–water partition coefficient (Wildman–Crippen LogP) is 2.13. The summed E-state index contributed by atoms with van der Waals surface area (Å²) in [6, 6.07) is 6.13. The Kier molecular flexibility index (Phi) is 3.83. The number of rotatable bonds is 2. The number of halogens is 1. The SMILES string of the molecule is Cc1n[nH]c(C)c1N1CCN(C(=O)c2ccccc2F)CC1. The quantitative estimate of drug-likeness (QED) is 0.924. The Balaban J connectivity index is 1.70. The zero-order valence-corrected chi connectivity index (χ0v) is 12.8. The lowest BCUT2D eigenvalue weighted by Crippen LogP contribution is -2.49. The number of carbonyl (C=O) groups is 1. The van der Waals surface area contributed by atoms with Crippen molar-refractivity contribution >= 4 is 11.6 Å². The van der Waals surface area contributed by atoms with E-state index in [1.54, 1.807) is 17.0 Å². The molecule has 1 aromatic heterocycles. The minimum Gasteiger partial charge on any atom is -0.365 e. The molecule has 1 aromatic carbocycles. The summed E-state index contributed by atoms with van der Waals surface area (Å²) in [6.45, 7) is 6.57. The van der Waals surface area contributed by atoms with Crippen molar-refractivity contribution in [2.75, 3.05) is 31.1 Å². The van der Waals surface area contributed by atoms with E-state index in [0.717, 1.165) is 30.2 Å². The highest BCUT2D eigenvalue weighted by Crippen LogP contribution is 2.23. The first-order valence-electron chi connectivity index (χ1n) is 7.38. The highest BCUT2D eigenvalue weighted by Gasteiger charge is 2.25. The second kappa shape index (κ2) is 5.79. The van der Waals surface area contributed by atoms with Crippen molar-refractivity contribution in [3.05, 3.63) is 47.0 Å². The van der Waals surface area contributed by atoms with Gasteiger partial charge in [-0.3, -0.25) is 9.89 Å². The molecule has 116 valence electrons. The van der Waals surface area contributed by atoms with Gasteiger partial charge in [0.2, 0.25) is 0 Å². The highest BCUT2D eigenvalue weighted by molar-refractivity contribution is 5.94. The second-order valence-corrected chi connectivity index (χ2v) is 5.54. The van der Waals surface area contributed by atoms with Crippen molar-refractivity contribution in [1.29, 1.82) is 0 Å². The van der Waals surface area contributed by atoms with Crippen LogP contribution in [0, 0.1) is 19.7 Å². The Hall–Kier alpha value is -2.37. The summed E-state index contributed by atoms with van der Waals surface area (Å²) in [4.78, 5) is 16.3. The maximum absolute atomic E-state index is 13.7. The maximum Gasteiger partial charge on any atom is 0.256 e. The molecule has 0 aliphatic carbocycles. The fourth-order valence-corrected chi connectivity index (χ4v) is 2.95. The summed E-state index contributed by atoms with van der Waals surface area (Å²) >= 11 is 0. The molecule has 2 aromatic rings. The van der Waals surface area contributed by atoms with Gasteiger partial charge in [0.15, 0.2) is 0 Å². The minimum atomic E-state index is -0.462. The molecular formula is C16H19FN4O. The molecule has 1 fully saturated rings. The topological polar surface area (TPSA) is 52.2 Å². The summed E-state index contributed by atoms with van der Waals surface area (Å²) in [7, 11) is 0. The van der Waals surface area contributed by atoms with Gasteiger partial charge in [0.25, 0.3) is 5.91 Å². The number of hydrogen-bond donors (Lipinski definition) is 1. The molecule has 2 heterocycles. The lowest BCUT2D eigenvalue weighted by atomic mass is 10.1. The van der Waals surface area contributed by atoms with E-state index in [1.165, 1.54) is 12.1 Å². The summed E-state index contributed by atoms with van der Waals surface area (Å²) in [5, 5.41) is 7.19. The van der Waals surface area contributed by atoms with Crippen LogP contribution >= 0.6 is 0 Å². The van der Waals surface area contributed by atoms with Crippen LogP contribution in [-0.2, 0) is 0 Å². The molecule has 5 nitrogen and oxygen atoms in total. The molecule has 0 spiro atoms. The monoisotopic (exact) mass is 302 g/mol. The van der Waals surface area contributed by atoms with Crippen LogP contribution in [0.15, 0.2) is 24.3 Å². The molecule has 0 bridgehead atoms. The van der Waals surface area contributed by atoms with Crippen LogP contribution < -0.4 is 4.90 Å². The van der Waals surface area contributed by atoms with Crippen molar-refractivity contribution in [1.82, 2.24) is 15.1 Å². The van der Waals surface area contributed by atoms with E-state index in [4.69, 9.17) is 0 Å². The molecule has 1 amide bonds. The minimum absolute atomic E-state index is 0.145. The van der Waals surface area contributed by atoms with E-state index in [2.05, 4.69) is 15.1 Å². The third-order valence-electron chi connectivity index (χ3n) is 4.08. The number of amides is 1. The summed E-state index contributed by atoms with van der Waals surface area (Å²) in [5.41, 5.74) is 3.25. The van der Waals surface area contributed by atoms with Gasteiger partial charge in [0, 0.05) is 26.2 Å². The Labute approximate surface area is 128 Å². The Morgan fingerprint density at radius 3 is 2.45 bits per heavy atom. The van der Waals surface area contributed by atoms with Gasteiger partial charge in [0.05, 0.1) is 22.6 Å². The van der Waals surface area contributed by atoms with Gasteiger partial charge in [0.1, 0.15) is 5.82 Å². The third kappa shape index (κ3) is 2.56. The summed E-state index contributed by atoms with van der Waals surface area (Å²) in [5.74, 6) is -0.699. The smallest absolute Gasteiger partial charge is 0.256 e. The first-order chi connectivity index (χ1) is 10.6. The van der Waals surface area contributed by atoms with Gasteiger partial charge in [-0.15, -0.1) is 0 Å². The van der Waals surface area contributed by atoms with Crippen LogP contribution in [0.2, 0.25) is 0 Å². The number of nitrogens with one attached hydrogen (secondary N) is 1. The van der Waals surface area contributed by atoms with Crippen molar-refractivity contribution in [3.8, 4) is 0 Å². The molecular weight excluding hydrogens is 283 g/mol. The third-order valence-corrected chi connectivity index (χ3v) is 4.08. The molecule has 3 rings (SSSR count). The molecule has 0 atom stereocenters. The van der Waals surface area contributed by atoms with E-state index in [1.807, 2.05) is 13.8 Å². The average molecular weight is 302 g/mol. The van der Waals surface area contributed by atoms with Crippen molar-refractivity contribution in [2.24, 2.45) is 0 Å². The maximum atomic E-state index is 13.7. The van der Waals surface area contributed by atoms with E-state index >= 15 is 0 Å². The van der Waals surface area contributed by atoms with Crippen molar-refractivity contribution in [3.63, 3.8) is 0 Å². The average Bonchev–Trinajstić information content (AvgIpc) is 2.86. The standard InChI is InChI=1S/C16H19FN4O/c1-11-15(12(2)19-18-11)20-7-9-21(10-8-20)16(22)13-5-3-4-6-14(13)17/h3-6H,7-10H2,1-2H3,(H,18,19). The zero-order chi connectivity index (χ0) is 15.7. The normalized spacial score (nSPS) is 15.2. The van der Waals surface area contributed by atoms with Crippen LogP contribution in [0.25, 0.3) is 0 Å². The number of H-pyrrole nitrogens is 1. The number of carbonyl (C=O) groups excluding carboxylic acids is 1. The second-order valence-electron chi connectivity index (χ2n) is 5.54. The Morgan fingerprint density at radius 2 is 1.86 bits per heavy atom. The van der Waals surface area contributed by atoms with Gasteiger partial charge in [-0.2, -0.15) is 5.10 Å². The fraction of sp³-hybridized carbons (Fsp3) is 0.375. The van der Waals surface area contributed by atoms with Crippen LogP contribution in [0.5, 0.6) is 0 Å². The number of aryl methyl sites for hydroxylation is 2. The van der Waals surface area contributed by atoms with E-state index in [0.29, 0.717) is 13.1 Å². The molecule has 1 aliphatic heterocycles. The molecule has 6 heteroatoms. The Morgan fingerprint density at radius 1 is 1.18 bits per heavy atom. The van der Waals surface area contributed by atoms with Crippen LogP contribution in [0.3, 0.4) is 0 Å². The van der Waals surface area contributed by atoms with E-state index < -0.39 is 5.82 Å². The van der Waals surface area contributed by atoms with Gasteiger partial charge in [-0.05, 0) is 26.0 Å². The zero-order valence-electron chi connectivity index (χ0n) is 12.8. The van der Waals surface area contributed by atoms with Gasteiger partial charge >= 0.3 is 0 Å². The number of nitrogens with zero attached hydrogens (tertiary/aromatic N) is 3. The van der Waals surface area contributed by atoms with Crippen molar-refractivity contribution < 1.29 is 9.18 Å². The molecule has 0 unspecified atom stereocenters. The predicted molar refractivity (Wildman–Crippen MR) is 82.6 cm³/mol. The number of aromatic amines is 1. The van der Waals surface area contributed by atoms with Gasteiger partial charge in [-0.1, -0.05) is 12.1 Å². The van der Waals surface area contributed by atoms with Gasteiger partial charge in [-0.25, -0.2) is 4.39 Å². The fourth-order valence-electron chi connectivity index (χ4n) is 2.95. The first-order valence-corrected chi connectivity index (χ1v) is 7.38. The molecule has 1 aliphatic rings. The number of aromatic nitrogens is 2. The summed E-state index contributed by atoms with van der Waals surface area (Å²) < 4.78 is 13.7. The molecule has 22 heavy (non-hydrogen) atoms. The largest absolute Gasteiger partial charge is 0.365 e. The summed E-state index contributed by atoms with van der Waals surface area (Å²) in [6.07, 6.45) is 0. The Bertz CT molecular complexity index is 670. The molecule has 1 N–H and O–H groups in total. The molecule has 1 saturated heterocycles.